The van der Waals surface area contributed by atoms with Crippen molar-refractivity contribution in [2.24, 2.45) is 0 Å². The number of aromatic nitrogens is 12. The third kappa shape index (κ3) is 22.9. The highest BCUT2D eigenvalue weighted by Gasteiger charge is 2.45. The summed E-state index contributed by atoms with van der Waals surface area (Å²) in [6.45, 7) is 11.4. The normalized spacial score (nSPS) is 13.1. The maximum absolute atomic E-state index is 13.6. The lowest BCUT2D eigenvalue weighted by Crippen LogP contribution is -2.19. The van der Waals surface area contributed by atoms with Gasteiger partial charge in [0.25, 0.3) is 5.91 Å². The van der Waals surface area contributed by atoms with Crippen LogP contribution in [0.2, 0.25) is 0 Å². The summed E-state index contributed by atoms with van der Waals surface area (Å²) < 4.78 is 327. The molecular formula is C74H61ClF24N16O7. The number of hydrogen-bond acceptors (Lipinski definition) is 16. The van der Waals surface area contributed by atoms with Crippen LogP contribution in [0.3, 0.4) is 0 Å². The molecule has 0 bridgehead atoms. The predicted octanol–water partition coefficient (Wildman–Crippen LogP) is 21.6. The minimum Gasteiger partial charge on any atom is -0.476 e. The first-order chi connectivity index (χ1) is 55.8. The molecule has 12 aromatic rings. The van der Waals surface area contributed by atoms with Crippen LogP contribution in [0.4, 0.5) is 128 Å². The summed E-state index contributed by atoms with van der Waals surface area (Å²) in [7, 11) is 0. The maximum Gasteiger partial charge on any atom is 0.416 e. The van der Waals surface area contributed by atoms with Crippen LogP contribution in [0.25, 0.3) is 22.9 Å². The number of hydrogen-bond donors (Lipinski definition) is 4. The second-order valence-electron chi connectivity index (χ2n) is 25.9. The van der Waals surface area contributed by atoms with E-state index in [2.05, 4.69) is 46.0 Å². The summed E-state index contributed by atoms with van der Waals surface area (Å²) in [5.41, 5.74) is 0.940. The SMILES string of the molecule is Cc1c(N)cnn1C(C)c1ccc(C(F)(F)F)cc1C(F)(F)F.Cc1c(N)cnn1C(C)c1ccc(C(F)(F)F)cc1C(F)(F)F.Cc1c(NC(=O)c2cc(-c3ccccn3)on2)cnn1C(C)c1ccc(C(F)(F)F)cc1C(F)(F)F.Cc1c([N+](=O)[O-])cnn1C(C)c1ccc(C(F)(F)F)cc1C(F)(F)F.Cl.O=C(O)c1cc(-c2ccccn2)on1. The summed E-state index contributed by atoms with van der Waals surface area (Å²) in [6.07, 6.45) is -31.7. The molecule has 654 valence electrons. The molecule has 8 aromatic heterocycles. The number of anilines is 3. The molecule has 0 fully saturated rings. The van der Waals surface area contributed by atoms with E-state index in [9.17, 15) is 125 Å². The molecule has 4 unspecified atom stereocenters. The molecule has 4 aromatic carbocycles. The molecule has 48 heteroatoms. The predicted molar refractivity (Wildman–Crippen MR) is 386 cm³/mol. The van der Waals surface area contributed by atoms with E-state index in [1.165, 1.54) is 92.5 Å². The lowest BCUT2D eigenvalue weighted by molar-refractivity contribution is -0.385. The van der Waals surface area contributed by atoms with Gasteiger partial charge in [0.1, 0.15) is 23.3 Å². The highest BCUT2D eigenvalue weighted by Crippen LogP contribution is 2.46. The minimum atomic E-state index is -5.03. The Hall–Kier alpha value is -13.0. The average Bonchev–Trinajstić information content (AvgIpc) is 1.20. The Labute approximate surface area is 676 Å². The zero-order valence-corrected chi connectivity index (χ0v) is 64.0. The van der Waals surface area contributed by atoms with Gasteiger partial charge in [0.15, 0.2) is 22.9 Å². The topological polar surface area (TPSA) is 311 Å². The van der Waals surface area contributed by atoms with Crippen LogP contribution < -0.4 is 16.8 Å². The molecule has 0 saturated carbocycles. The number of alkyl halides is 24. The molecule has 0 aliphatic rings. The number of nitrogens with one attached hydrogen (secondary N) is 1. The molecule has 0 aliphatic carbocycles. The summed E-state index contributed by atoms with van der Waals surface area (Å²) in [5, 5.41) is 44.6. The number of pyridine rings is 2. The summed E-state index contributed by atoms with van der Waals surface area (Å²) in [4.78, 5) is 41.3. The minimum absolute atomic E-state index is 0. The first-order valence-electron chi connectivity index (χ1n) is 34.1. The van der Waals surface area contributed by atoms with Crippen molar-refractivity contribution in [1.82, 2.24) is 59.4 Å². The number of nitro groups is 1. The average molecular weight is 1780 g/mol. The van der Waals surface area contributed by atoms with Crippen molar-refractivity contribution in [3.8, 4) is 22.9 Å². The Morgan fingerprint density at radius 3 is 0.975 bits per heavy atom. The van der Waals surface area contributed by atoms with Gasteiger partial charge in [0.2, 0.25) is 0 Å². The van der Waals surface area contributed by atoms with Gasteiger partial charge in [0.05, 0.1) is 126 Å². The Morgan fingerprint density at radius 2 is 0.713 bits per heavy atom. The van der Waals surface area contributed by atoms with Crippen molar-refractivity contribution in [2.75, 3.05) is 16.8 Å². The van der Waals surface area contributed by atoms with E-state index >= 15 is 0 Å². The van der Waals surface area contributed by atoms with Crippen LogP contribution in [0.5, 0.6) is 0 Å². The quantitative estimate of drug-likeness (QED) is 0.0446. The standard InChI is InChI=1S/C23H17F6N5O2.C14H11F6N3O2.2C14H13F6N3.C9H6N2O3.ClH/c1-12(15-7-6-14(22(24,25)26)9-16(15)23(27,28)29)34-13(2)19(11-31-34)32-21(35)18-10-20(36-33-18)17-5-3-4-8-30-17;1-7(22-8(2)12(6-21-22)23(24)25)10-4-3-9(13(15,16)17)5-11(10)14(18,19)20;2*1-7(23-8(2)12(21)6-22-23)10-4-3-9(13(15,16)17)5-11(10)14(18,19)20;12-9(13)7-5-8(14-11-7)6-3-1-2-4-10-6;/h3-12H,1-2H3,(H,32,35);3-7H,1-2H3;2*3-7H,21H2,1-2H3;1-5H,(H,12,13);1H. The largest absolute Gasteiger partial charge is 0.476 e. The number of carboxylic acids is 1. The second kappa shape index (κ2) is 36.9. The molecule has 1 amide bonds. The third-order valence-corrected chi connectivity index (χ3v) is 18.0. The molecule has 6 N–H and O–H groups in total. The number of carbonyl (C=O) groups excluding carboxylic acids is 1. The van der Waals surface area contributed by atoms with Crippen LogP contribution in [0, 0.1) is 37.8 Å². The Morgan fingerprint density at radius 1 is 0.418 bits per heavy atom. The second-order valence-corrected chi connectivity index (χ2v) is 25.9. The first-order valence-corrected chi connectivity index (χ1v) is 34.1. The number of nitrogens with two attached hydrogens (primary N) is 2. The number of nitrogens with zero attached hydrogens (tertiary/aromatic N) is 13. The van der Waals surface area contributed by atoms with Gasteiger partial charge < -0.3 is 30.9 Å². The molecule has 0 aliphatic heterocycles. The lowest BCUT2D eigenvalue weighted by atomic mass is 9.98. The van der Waals surface area contributed by atoms with Crippen molar-refractivity contribution in [2.45, 2.75) is 129 Å². The van der Waals surface area contributed by atoms with E-state index in [1.54, 1.807) is 56.4 Å². The molecule has 4 atom stereocenters. The van der Waals surface area contributed by atoms with Gasteiger partial charge in [-0.05, 0) is 150 Å². The van der Waals surface area contributed by atoms with Crippen molar-refractivity contribution in [1.29, 1.82) is 0 Å². The maximum atomic E-state index is 13.6. The summed E-state index contributed by atoms with van der Waals surface area (Å²) >= 11 is 0. The smallest absolute Gasteiger partial charge is 0.416 e. The van der Waals surface area contributed by atoms with E-state index in [4.69, 9.17) is 25.6 Å². The zero-order valence-electron chi connectivity index (χ0n) is 63.2. The van der Waals surface area contributed by atoms with Crippen LogP contribution in [-0.4, -0.2) is 81.3 Å². The zero-order chi connectivity index (χ0) is 90.5. The van der Waals surface area contributed by atoms with Gasteiger partial charge >= 0.3 is 61.1 Å². The fourth-order valence-corrected chi connectivity index (χ4v) is 11.7. The van der Waals surface area contributed by atoms with E-state index in [-0.39, 0.29) is 93.4 Å². The summed E-state index contributed by atoms with van der Waals surface area (Å²) in [5.74, 6) is -1.18. The number of amides is 1. The summed E-state index contributed by atoms with van der Waals surface area (Å²) in [6, 6.07) is 14.8. The van der Waals surface area contributed by atoms with Crippen molar-refractivity contribution in [3.63, 3.8) is 0 Å². The number of carboxylic acid groups (broad SMARTS) is 1. The van der Waals surface area contributed by atoms with Crippen molar-refractivity contribution >= 4 is 47.0 Å². The molecule has 0 radical (unpaired) electrons. The number of halogens is 25. The highest BCUT2D eigenvalue weighted by atomic mass is 35.5. The first kappa shape index (κ1) is 96.1. The van der Waals surface area contributed by atoms with Gasteiger partial charge in [-0.1, -0.05) is 46.7 Å². The van der Waals surface area contributed by atoms with Crippen LogP contribution in [-0.2, 0) is 49.4 Å². The molecule has 23 nitrogen and oxygen atoms in total. The number of nitrogen functional groups attached to an aromatic ring is 2. The van der Waals surface area contributed by atoms with Gasteiger partial charge in [-0.25, -0.2) is 4.79 Å². The Bertz CT molecular complexity index is 5520. The highest BCUT2D eigenvalue weighted by molar-refractivity contribution is 6.03. The molecule has 0 spiro atoms. The van der Waals surface area contributed by atoms with Crippen LogP contribution in [0.1, 0.15) is 162 Å². The van der Waals surface area contributed by atoms with Crippen LogP contribution in [0.15, 0.2) is 168 Å². The molecule has 0 saturated heterocycles. The molecule has 122 heavy (non-hydrogen) atoms. The molecule has 8 heterocycles. The monoisotopic (exact) mass is 1780 g/mol. The van der Waals surface area contributed by atoms with Gasteiger partial charge in [-0.3, -0.25) is 43.6 Å². The van der Waals surface area contributed by atoms with Gasteiger partial charge in [0, 0.05) is 24.5 Å². The number of rotatable bonds is 14. The van der Waals surface area contributed by atoms with Gasteiger partial charge in [-0.2, -0.15) is 126 Å². The lowest BCUT2D eigenvalue weighted by Gasteiger charge is -2.21. The molecular weight excluding hydrogens is 1720 g/mol. The van der Waals surface area contributed by atoms with E-state index in [0.717, 1.165) is 29.1 Å². The fourth-order valence-electron chi connectivity index (χ4n) is 11.7. The van der Waals surface area contributed by atoms with Crippen LogP contribution >= 0.6 is 12.4 Å². The molecule has 12 rings (SSSR count). The number of aromatic carboxylic acids is 1. The van der Waals surface area contributed by atoms with Crippen molar-refractivity contribution < 1.29 is 134 Å². The van der Waals surface area contributed by atoms with E-state index in [1.807, 2.05) is 0 Å². The third-order valence-electron chi connectivity index (χ3n) is 18.0. The number of carbonyl (C=O) groups is 2. The van der Waals surface area contributed by atoms with Crippen molar-refractivity contribution in [3.05, 3.63) is 270 Å². The Balaban J connectivity index is 0.000000215. The fraction of sp³-hybridized carbons (Fsp3) is 0.270. The van der Waals surface area contributed by atoms with Gasteiger partial charge in [-0.15, -0.1) is 12.4 Å². The van der Waals surface area contributed by atoms with E-state index in [0.29, 0.717) is 58.9 Å². The Kier molecular flexibility index (Phi) is 29.1. The van der Waals surface area contributed by atoms with E-state index < -0.39 is 152 Å². The number of benzene rings is 4.